The van der Waals surface area contributed by atoms with Crippen LogP contribution in [0.4, 0.5) is 0 Å². The van der Waals surface area contributed by atoms with Crippen LogP contribution in [0.5, 0.6) is 0 Å². The zero-order valence-corrected chi connectivity index (χ0v) is 16.0. The molecule has 1 N–H and O–H groups in total. The molecule has 27 heavy (non-hydrogen) atoms. The molecule has 0 aromatic carbocycles. The molecule has 0 radical (unpaired) electrons. The molecular weight excluding hydrogens is 354 g/mol. The smallest absolute Gasteiger partial charge is 0.303 e. The number of epoxide rings is 1. The Bertz CT molecular complexity index is 755. The van der Waals surface area contributed by atoms with Crippen LogP contribution in [0.15, 0.2) is 16.8 Å². The summed E-state index contributed by atoms with van der Waals surface area (Å²) in [5.74, 6) is -0.864. The number of carbonyl (C=O) groups is 2. The summed E-state index contributed by atoms with van der Waals surface area (Å²) in [5, 5.41) is 13.2. The topological polar surface area (TPSA) is 107 Å². The Labute approximate surface area is 157 Å². The van der Waals surface area contributed by atoms with Crippen LogP contribution in [0, 0.1) is 10.8 Å². The molecule has 2 saturated heterocycles. The average molecular weight is 379 g/mol. The first-order valence-electron chi connectivity index (χ1n) is 9.21. The minimum atomic E-state index is -0.820. The summed E-state index contributed by atoms with van der Waals surface area (Å²) < 4.78 is 23.4. The van der Waals surface area contributed by atoms with Gasteiger partial charge in [0.15, 0.2) is 6.10 Å². The van der Waals surface area contributed by atoms with Gasteiger partial charge in [-0.25, -0.2) is 0 Å². The highest BCUT2D eigenvalue weighted by molar-refractivity contribution is 6.00. The maximum Gasteiger partial charge on any atom is 0.303 e. The molecular formula is C19H25NO7. The maximum atomic E-state index is 11.9. The van der Waals surface area contributed by atoms with Crippen molar-refractivity contribution in [1.29, 1.82) is 0 Å². The van der Waals surface area contributed by atoms with Gasteiger partial charge in [-0.1, -0.05) is 23.7 Å². The van der Waals surface area contributed by atoms with Gasteiger partial charge in [-0.3, -0.25) is 9.59 Å². The standard InChI is InChI=1S/C19H25NO7/c1-10-5-6-18(8-24-11(2)21)13(7-10)27-16-14(20-23)15(26-12(3)22)17(18,4)19(16)9-25-19/h7,13,15-16,23H,5-6,8-9H2,1-4H3/b20-14+/t13?,15-,16?,17-,18-,19?/m1/s1. The van der Waals surface area contributed by atoms with Crippen LogP contribution < -0.4 is 0 Å². The van der Waals surface area contributed by atoms with Gasteiger partial charge < -0.3 is 24.2 Å². The van der Waals surface area contributed by atoms with Gasteiger partial charge in [-0.2, -0.15) is 0 Å². The number of oxime groups is 1. The summed E-state index contributed by atoms with van der Waals surface area (Å²) in [6.07, 6.45) is 1.72. The zero-order valence-electron chi connectivity index (χ0n) is 16.0. The van der Waals surface area contributed by atoms with Crippen LogP contribution in [0.3, 0.4) is 0 Å². The van der Waals surface area contributed by atoms with E-state index in [4.69, 9.17) is 18.9 Å². The van der Waals surface area contributed by atoms with E-state index < -0.39 is 34.6 Å². The van der Waals surface area contributed by atoms with Crippen LogP contribution in [0.1, 0.15) is 40.5 Å². The van der Waals surface area contributed by atoms with E-state index in [1.165, 1.54) is 19.4 Å². The molecule has 2 aliphatic heterocycles. The second-order valence-electron chi connectivity index (χ2n) is 8.28. The fourth-order valence-electron chi connectivity index (χ4n) is 5.48. The number of hydrogen-bond donors (Lipinski definition) is 1. The van der Waals surface area contributed by atoms with Gasteiger partial charge in [-0.15, -0.1) is 0 Å². The predicted molar refractivity (Wildman–Crippen MR) is 92.3 cm³/mol. The van der Waals surface area contributed by atoms with Crippen molar-refractivity contribution in [3.63, 3.8) is 0 Å². The Kier molecular flexibility index (Phi) is 3.95. The Balaban J connectivity index is 1.90. The highest BCUT2D eigenvalue weighted by Crippen LogP contribution is 2.71. The van der Waals surface area contributed by atoms with Crippen molar-refractivity contribution in [2.24, 2.45) is 16.0 Å². The van der Waals surface area contributed by atoms with E-state index in [1.807, 2.05) is 19.9 Å². The molecule has 4 rings (SSSR count). The number of nitrogens with zero attached hydrogens (tertiary/aromatic N) is 1. The summed E-state index contributed by atoms with van der Waals surface area (Å²) in [6.45, 7) is 7.22. The summed E-state index contributed by atoms with van der Waals surface area (Å²) in [7, 11) is 0. The lowest BCUT2D eigenvalue weighted by atomic mass is 9.51. The molecule has 1 spiro atoms. The zero-order chi connectivity index (χ0) is 19.6. The SMILES string of the molecule is CC(=O)OC[C@]12CCC(C)=CC1OC1/C(=N/O)[C@@H](OC(C)=O)[C@@]2(C)C12CO2. The summed E-state index contributed by atoms with van der Waals surface area (Å²) in [6, 6.07) is 0. The molecule has 0 aromatic rings. The molecule has 0 aromatic heterocycles. The first-order chi connectivity index (χ1) is 12.7. The van der Waals surface area contributed by atoms with Gasteiger partial charge >= 0.3 is 11.9 Å². The van der Waals surface area contributed by atoms with E-state index in [-0.39, 0.29) is 24.4 Å². The van der Waals surface area contributed by atoms with E-state index in [0.29, 0.717) is 13.0 Å². The van der Waals surface area contributed by atoms with Gasteiger partial charge in [0.25, 0.3) is 0 Å². The normalized spacial score (nSPS) is 46.0. The lowest BCUT2D eigenvalue weighted by molar-refractivity contribution is -0.232. The number of carbonyl (C=O) groups excluding carboxylic acids is 2. The van der Waals surface area contributed by atoms with Gasteiger partial charge in [0.2, 0.25) is 0 Å². The quantitative estimate of drug-likeness (QED) is 0.261. The molecule has 8 heteroatoms. The van der Waals surface area contributed by atoms with E-state index in [1.54, 1.807) is 0 Å². The number of hydrogen-bond acceptors (Lipinski definition) is 8. The van der Waals surface area contributed by atoms with Gasteiger partial charge in [0.05, 0.1) is 18.1 Å². The predicted octanol–water partition coefficient (Wildman–Crippen LogP) is 1.59. The van der Waals surface area contributed by atoms with Crippen LogP contribution in [-0.2, 0) is 28.5 Å². The minimum Gasteiger partial charge on any atom is -0.465 e. The number of fused-ring (bicyclic) bond motifs is 2. The van der Waals surface area contributed by atoms with Crippen molar-refractivity contribution in [2.75, 3.05) is 13.2 Å². The Morgan fingerprint density at radius 2 is 2.07 bits per heavy atom. The number of rotatable bonds is 3. The first kappa shape index (κ1) is 18.4. The summed E-state index contributed by atoms with van der Waals surface area (Å²) >= 11 is 0. The highest BCUT2D eigenvalue weighted by atomic mass is 16.6. The fourth-order valence-corrected chi connectivity index (χ4v) is 5.48. The molecule has 2 aliphatic carbocycles. The van der Waals surface area contributed by atoms with E-state index in [0.717, 1.165) is 6.42 Å². The monoisotopic (exact) mass is 379 g/mol. The molecule has 6 atom stereocenters. The Hall–Kier alpha value is -1.93. The minimum absolute atomic E-state index is 0.113. The molecule has 3 fully saturated rings. The number of esters is 2. The molecule has 0 amide bonds. The lowest BCUT2D eigenvalue weighted by Crippen LogP contribution is -2.66. The number of ether oxygens (including phenoxy) is 4. The van der Waals surface area contributed by atoms with E-state index in [9.17, 15) is 14.8 Å². The van der Waals surface area contributed by atoms with Crippen molar-refractivity contribution in [1.82, 2.24) is 0 Å². The fraction of sp³-hybridized carbons (Fsp3) is 0.737. The molecule has 2 heterocycles. The van der Waals surface area contributed by atoms with E-state index >= 15 is 0 Å². The second kappa shape index (κ2) is 5.78. The molecule has 8 nitrogen and oxygen atoms in total. The molecule has 3 unspecified atom stereocenters. The third-order valence-corrected chi connectivity index (χ3v) is 7.01. The third-order valence-electron chi connectivity index (χ3n) is 7.01. The summed E-state index contributed by atoms with van der Waals surface area (Å²) in [5.41, 5.74) is -0.760. The lowest BCUT2D eigenvalue weighted by Gasteiger charge is -2.57. The van der Waals surface area contributed by atoms with Crippen molar-refractivity contribution < 1.29 is 33.7 Å². The molecule has 1 saturated carbocycles. The third kappa shape index (κ3) is 2.20. The van der Waals surface area contributed by atoms with Gasteiger partial charge in [-0.05, 0) is 19.8 Å². The van der Waals surface area contributed by atoms with E-state index in [2.05, 4.69) is 5.16 Å². The maximum absolute atomic E-state index is 11.9. The van der Waals surface area contributed by atoms with Crippen molar-refractivity contribution in [2.45, 2.75) is 64.4 Å². The molecule has 148 valence electrons. The van der Waals surface area contributed by atoms with Gasteiger partial charge in [0, 0.05) is 19.3 Å². The van der Waals surface area contributed by atoms with Crippen molar-refractivity contribution >= 4 is 17.7 Å². The van der Waals surface area contributed by atoms with Crippen LogP contribution in [0.2, 0.25) is 0 Å². The molecule has 4 aliphatic rings. The van der Waals surface area contributed by atoms with Gasteiger partial charge in [0.1, 0.15) is 24.0 Å². The van der Waals surface area contributed by atoms with Crippen LogP contribution in [0.25, 0.3) is 0 Å². The second-order valence-corrected chi connectivity index (χ2v) is 8.28. The van der Waals surface area contributed by atoms with Crippen LogP contribution in [-0.4, -0.2) is 60.0 Å². The van der Waals surface area contributed by atoms with Crippen molar-refractivity contribution in [3.05, 3.63) is 11.6 Å². The summed E-state index contributed by atoms with van der Waals surface area (Å²) in [4.78, 5) is 23.5. The highest BCUT2D eigenvalue weighted by Gasteiger charge is 2.85. The average Bonchev–Trinajstić information content (AvgIpc) is 3.37. The number of allylic oxidation sites excluding steroid dienone is 1. The largest absolute Gasteiger partial charge is 0.465 e. The Morgan fingerprint density at radius 1 is 1.37 bits per heavy atom. The van der Waals surface area contributed by atoms with Crippen LogP contribution >= 0.6 is 0 Å². The Morgan fingerprint density at radius 3 is 2.63 bits per heavy atom. The first-order valence-corrected chi connectivity index (χ1v) is 9.21. The van der Waals surface area contributed by atoms with Crippen molar-refractivity contribution in [3.8, 4) is 0 Å². The molecule has 2 bridgehead atoms.